The zero-order valence-electron chi connectivity index (χ0n) is 11.9. The van der Waals surface area contributed by atoms with Gasteiger partial charge >= 0.3 is 0 Å². The minimum absolute atomic E-state index is 0.0613. The van der Waals surface area contributed by atoms with Crippen molar-refractivity contribution in [2.24, 2.45) is 0 Å². The highest BCUT2D eigenvalue weighted by atomic mass is 16.5. The van der Waals surface area contributed by atoms with Crippen LogP contribution in [0.1, 0.15) is 41.5 Å². The lowest BCUT2D eigenvalue weighted by atomic mass is 10.1. The molecule has 0 radical (unpaired) electrons. The number of aryl methyl sites for hydroxylation is 1. The molecule has 0 aliphatic carbocycles. The van der Waals surface area contributed by atoms with Crippen LogP contribution in [0.25, 0.3) is 0 Å². The monoisotopic (exact) mass is 269 g/mol. The first-order valence-electron chi connectivity index (χ1n) is 6.92. The molecule has 0 N–H and O–H groups in total. The van der Waals surface area contributed by atoms with Crippen LogP contribution in [0.2, 0.25) is 0 Å². The molecule has 1 aromatic carbocycles. The SMILES string of the molecule is CCCCOc1ccc(C(=O)c2cccc(C)n2)cc1. The molecular weight excluding hydrogens is 250 g/mol. The Bertz CT molecular complexity index is 576. The number of hydrogen-bond acceptors (Lipinski definition) is 3. The van der Waals surface area contributed by atoms with E-state index in [4.69, 9.17) is 4.74 Å². The summed E-state index contributed by atoms with van der Waals surface area (Å²) < 4.78 is 5.58. The van der Waals surface area contributed by atoms with Crippen molar-refractivity contribution in [3.05, 3.63) is 59.4 Å². The Hall–Kier alpha value is -2.16. The van der Waals surface area contributed by atoms with Crippen molar-refractivity contribution in [2.45, 2.75) is 26.7 Å². The molecule has 20 heavy (non-hydrogen) atoms. The Morgan fingerprint density at radius 1 is 1.15 bits per heavy atom. The first-order valence-corrected chi connectivity index (χ1v) is 6.92. The number of hydrogen-bond donors (Lipinski definition) is 0. The third-order valence-electron chi connectivity index (χ3n) is 3.00. The van der Waals surface area contributed by atoms with Gasteiger partial charge in [0.25, 0.3) is 0 Å². The topological polar surface area (TPSA) is 39.2 Å². The zero-order valence-corrected chi connectivity index (χ0v) is 11.9. The van der Waals surface area contributed by atoms with Crippen LogP contribution in [0.4, 0.5) is 0 Å². The van der Waals surface area contributed by atoms with Crippen LogP contribution >= 0.6 is 0 Å². The lowest BCUT2D eigenvalue weighted by molar-refractivity contribution is 0.103. The van der Waals surface area contributed by atoms with Crippen LogP contribution in [0.15, 0.2) is 42.5 Å². The van der Waals surface area contributed by atoms with E-state index in [1.54, 1.807) is 18.2 Å². The standard InChI is InChI=1S/C17H19NO2/c1-3-4-12-20-15-10-8-14(9-11-15)17(19)16-7-5-6-13(2)18-16/h5-11H,3-4,12H2,1-2H3. The number of benzene rings is 1. The van der Waals surface area contributed by atoms with Gasteiger partial charge in [0.2, 0.25) is 5.78 Å². The van der Waals surface area contributed by atoms with Crippen molar-refractivity contribution in [2.75, 3.05) is 6.61 Å². The molecule has 0 unspecified atom stereocenters. The lowest BCUT2D eigenvalue weighted by Crippen LogP contribution is -2.05. The Labute approximate surface area is 119 Å². The number of carbonyl (C=O) groups excluding carboxylic acids is 1. The number of pyridine rings is 1. The number of rotatable bonds is 6. The predicted octanol–water partition coefficient (Wildman–Crippen LogP) is 3.80. The van der Waals surface area contributed by atoms with Crippen LogP contribution in [0, 0.1) is 6.92 Å². The molecule has 0 fully saturated rings. The highest BCUT2D eigenvalue weighted by Gasteiger charge is 2.10. The summed E-state index contributed by atoms with van der Waals surface area (Å²) in [6.07, 6.45) is 2.14. The summed E-state index contributed by atoms with van der Waals surface area (Å²) in [4.78, 5) is 16.5. The summed E-state index contributed by atoms with van der Waals surface area (Å²) in [5, 5.41) is 0. The molecule has 0 bridgehead atoms. The van der Waals surface area contributed by atoms with Gasteiger partial charge in [-0.1, -0.05) is 19.4 Å². The molecule has 1 aromatic heterocycles. The van der Waals surface area contributed by atoms with Crippen molar-refractivity contribution in [3.8, 4) is 5.75 Å². The van der Waals surface area contributed by atoms with Crippen molar-refractivity contribution in [1.82, 2.24) is 4.98 Å². The Kier molecular flexibility index (Phi) is 4.88. The first-order chi connectivity index (χ1) is 9.70. The Morgan fingerprint density at radius 3 is 2.55 bits per heavy atom. The molecule has 0 aliphatic rings. The summed E-state index contributed by atoms with van der Waals surface area (Å²) in [6.45, 7) is 4.71. The van der Waals surface area contributed by atoms with E-state index in [1.165, 1.54) is 0 Å². The smallest absolute Gasteiger partial charge is 0.211 e. The number of ketones is 1. The van der Waals surface area contributed by atoms with Crippen molar-refractivity contribution < 1.29 is 9.53 Å². The second kappa shape index (κ2) is 6.85. The number of carbonyl (C=O) groups is 1. The maximum atomic E-state index is 12.3. The fourth-order valence-electron chi connectivity index (χ4n) is 1.85. The summed E-state index contributed by atoms with van der Waals surface area (Å²) in [7, 11) is 0. The fourth-order valence-corrected chi connectivity index (χ4v) is 1.85. The van der Waals surface area contributed by atoms with Crippen LogP contribution in [-0.2, 0) is 0 Å². The highest BCUT2D eigenvalue weighted by molar-refractivity contribution is 6.07. The predicted molar refractivity (Wildman–Crippen MR) is 79.3 cm³/mol. The quantitative estimate of drug-likeness (QED) is 0.591. The molecule has 3 nitrogen and oxygen atoms in total. The zero-order chi connectivity index (χ0) is 14.4. The normalized spacial score (nSPS) is 10.3. The third-order valence-corrected chi connectivity index (χ3v) is 3.00. The molecule has 1 heterocycles. The van der Waals surface area contributed by atoms with Gasteiger partial charge in [-0.2, -0.15) is 0 Å². The van der Waals surface area contributed by atoms with Gasteiger partial charge in [0, 0.05) is 11.3 Å². The average molecular weight is 269 g/mol. The van der Waals surface area contributed by atoms with E-state index >= 15 is 0 Å². The number of nitrogens with zero attached hydrogens (tertiary/aromatic N) is 1. The fraction of sp³-hybridized carbons (Fsp3) is 0.294. The van der Waals surface area contributed by atoms with Gasteiger partial charge in [0.15, 0.2) is 0 Å². The van der Waals surface area contributed by atoms with E-state index < -0.39 is 0 Å². The van der Waals surface area contributed by atoms with Gasteiger partial charge in [-0.15, -0.1) is 0 Å². The maximum Gasteiger partial charge on any atom is 0.211 e. The average Bonchev–Trinajstić information content (AvgIpc) is 2.47. The third kappa shape index (κ3) is 3.67. The molecule has 3 heteroatoms. The molecular formula is C17H19NO2. The lowest BCUT2D eigenvalue weighted by Gasteiger charge is -2.06. The number of ether oxygens (including phenoxy) is 1. The molecule has 104 valence electrons. The number of aromatic nitrogens is 1. The van der Waals surface area contributed by atoms with Gasteiger partial charge in [-0.05, 0) is 49.7 Å². The van der Waals surface area contributed by atoms with Crippen molar-refractivity contribution in [1.29, 1.82) is 0 Å². The molecule has 0 saturated heterocycles. The molecule has 0 atom stereocenters. The Balaban J connectivity index is 2.07. The molecule has 0 saturated carbocycles. The van der Waals surface area contributed by atoms with Gasteiger partial charge < -0.3 is 4.74 Å². The van der Waals surface area contributed by atoms with Crippen LogP contribution in [0.5, 0.6) is 5.75 Å². The summed E-state index contributed by atoms with van der Waals surface area (Å²) in [6, 6.07) is 12.7. The Morgan fingerprint density at radius 2 is 1.90 bits per heavy atom. The van der Waals surface area contributed by atoms with Gasteiger partial charge in [0.1, 0.15) is 11.4 Å². The minimum atomic E-state index is -0.0613. The largest absolute Gasteiger partial charge is 0.494 e. The molecule has 0 spiro atoms. The van der Waals surface area contributed by atoms with Gasteiger partial charge in [0.05, 0.1) is 6.61 Å². The summed E-state index contributed by atoms with van der Waals surface area (Å²) >= 11 is 0. The van der Waals surface area contributed by atoms with Gasteiger partial charge in [-0.25, -0.2) is 4.98 Å². The molecule has 0 amide bonds. The van der Waals surface area contributed by atoms with E-state index in [2.05, 4.69) is 11.9 Å². The van der Waals surface area contributed by atoms with E-state index in [0.29, 0.717) is 17.9 Å². The first kappa shape index (κ1) is 14.3. The molecule has 0 aliphatic heterocycles. The highest BCUT2D eigenvalue weighted by Crippen LogP contribution is 2.15. The van der Waals surface area contributed by atoms with Gasteiger partial charge in [-0.3, -0.25) is 4.79 Å². The van der Waals surface area contributed by atoms with Crippen molar-refractivity contribution in [3.63, 3.8) is 0 Å². The van der Waals surface area contributed by atoms with Crippen LogP contribution in [0.3, 0.4) is 0 Å². The van der Waals surface area contributed by atoms with E-state index in [9.17, 15) is 4.79 Å². The van der Waals surface area contributed by atoms with E-state index in [1.807, 2.05) is 31.2 Å². The maximum absolute atomic E-state index is 12.3. The minimum Gasteiger partial charge on any atom is -0.494 e. The van der Waals surface area contributed by atoms with Crippen LogP contribution in [-0.4, -0.2) is 17.4 Å². The number of unbranched alkanes of at least 4 members (excludes halogenated alkanes) is 1. The molecule has 2 aromatic rings. The van der Waals surface area contributed by atoms with E-state index in [0.717, 1.165) is 24.3 Å². The van der Waals surface area contributed by atoms with E-state index in [-0.39, 0.29) is 5.78 Å². The second-order valence-corrected chi connectivity index (χ2v) is 4.72. The van der Waals surface area contributed by atoms with Crippen LogP contribution < -0.4 is 4.74 Å². The second-order valence-electron chi connectivity index (χ2n) is 4.72. The summed E-state index contributed by atoms with van der Waals surface area (Å²) in [5.74, 6) is 0.737. The van der Waals surface area contributed by atoms with Crippen molar-refractivity contribution >= 4 is 5.78 Å². The summed E-state index contributed by atoms with van der Waals surface area (Å²) in [5.41, 5.74) is 1.95. The molecule has 2 rings (SSSR count).